The Balaban J connectivity index is 3.13. The van der Waals surface area contributed by atoms with E-state index in [0.717, 1.165) is 0 Å². The molecule has 1 aromatic rings. The molecule has 0 aliphatic heterocycles. The third-order valence-electron chi connectivity index (χ3n) is 1.98. The van der Waals surface area contributed by atoms with Crippen molar-refractivity contribution in [1.82, 2.24) is 0 Å². The van der Waals surface area contributed by atoms with Gasteiger partial charge >= 0.3 is 0 Å². The van der Waals surface area contributed by atoms with Gasteiger partial charge in [0.1, 0.15) is 7.05 Å². The number of rotatable bonds is 1. The van der Waals surface area contributed by atoms with Crippen LogP contribution >= 0.6 is 0 Å². The Morgan fingerprint density at radius 2 is 2.00 bits per heavy atom. The molecule has 0 N–H and O–H groups in total. The molecular formula is C10H16N+. The monoisotopic (exact) mass is 150 g/mol. The summed E-state index contributed by atoms with van der Waals surface area (Å²) in [5.41, 5.74) is 2.83. The third-order valence-corrected chi connectivity index (χ3v) is 1.98. The van der Waals surface area contributed by atoms with Crippen LogP contribution in [0.15, 0.2) is 18.5 Å². The molecule has 0 aliphatic rings. The first-order valence-corrected chi connectivity index (χ1v) is 4.07. The molecule has 1 aromatic heterocycles. The van der Waals surface area contributed by atoms with Crippen LogP contribution in [0.2, 0.25) is 0 Å². The highest BCUT2D eigenvalue weighted by atomic mass is 14.9. The van der Waals surface area contributed by atoms with Gasteiger partial charge in [-0.25, -0.2) is 4.57 Å². The van der Waals surface area contributed by atoms with Gasteiger partial charge in [0.2, 0.25) is 0 Å². The maximum atomic E-state index is 2.22. The van der Waals surface area contributed by atoms with Crippen LogP contribution in [-0.2, 0) is 7.05 Å². The average molecular weight is 150 g/mol. The molecule has 0 bridgehead atoms. The van der Waals surface area contributed by atoms with Gasteiger partial charge in [-0.05, 0) is 18.4 Å². The van der Waals surface area contributed by atoms with E-state index in [1.165, 1.54) is 11.1 Å². The van der Waals surface area contributed by atoms with Crippen LogP contribution in [0, 0.1) is 6.92 Å². The molecule has 1 heterocycles. The first-order chi connectivity index (χ1) is 5.11. The minimum absolute atomic E-state index is 0.627. The quantitative estimate of drug-likeness (QED) is 0.539. The van der Waals surface area contributed by atoms with E-state index in [1.54, 1.807) is 0 Å². The van der Waals surface area contributed by atoms with E-state index >= 15 is 0 Å². The van der Waals surface area contributed by atoms with Crippen molar-refractivity contribution in [3.8, 4) is 0 Å². The Labute approximate surface area is 68.7 Å². The van der Waals surface area contributed by atoms with E-state index in [2.05, 4.69) is 50.8 Å². The second kappa shape index (κ2) is 3.04. The first-order valence-electron chi connectivity index (χ1n) is 4.07. The second-order valence-electron chi connectivity index (χ2n) is 3.40. The van der Waals surface area contributed by atoms with Gasteiger partial charge in [0.15, 0.2) is 12.4 Å². The number of pyridine rings is 1. The predicted molar refractivity (Wildman–Crippen MR) is 46.4 cm³/mol. The van der Waals surface area contributed by atoms with Crippen LogP contribution < -0.4 is 4.57 Å². The molecule has 0 unspecified atom stereocenters. The van der Waals surface area contributed by atoms with Gasteiger partial charge in [0, 0.05) is 11.6 Å². The summed E-state index contributed by atoms with van der Waals surface area (Å²) in [7, 11) is 2.06. The fourth-order valence-electron chi connectivity index (χ4n) is 1.29. The Kier molecular flexibility index (Phi) is 2.28. The van der Waals surface area contributed by atoms with Crippen LogP contribution in [0.5, 0.6) is 0 Å². The van der Waals surface area contributed by atoms with E-state index in [0.29, 0.717) is 5.92 Å². The first kappa shape index (κ1) is 8.25. The van der Waals surface area contributed by atoms with Gasteiger partial charge in [-0.15, -0.1) is 0 Å². The highest BCUT2D eigenvalue weighted by molar-refractivity contribution is 5.22. The number of aryl methyl sites for hydroxylation is 2. The summed E-state index contributed by atoms with van der Waals surface area (Å²) in [5, 5.41) is 0. The summed E-state index contributed by atoms with van der Waals surface area (Å²) < 4.78 is 2.10. The van der Waals surface area contributed by atoms with Crippen molar-refractivity contribution < 1.29 is 4.57 Å². The zero-order chi connectivity index (χ0) is 8.43. The molecule has 1 rings (SSSR count). The van der Waals surface area contributed by atoms with Crippen LogP contribution in [0.3, 0.4) is 0 Å². The Bertz CT molecular complexity index is 251. The average Bonchev–Trinajstić information content (AvgIpc) is 1.94. The van der Waals surface area contributed by atoms with Crippen LogP contribution in [-0.4, -0.2) is 0 Å². The molecule has 1 nitrogen and oxygen atoms in total. The van der Waals surface area contributed by atoms with Gasteiger partial charge in [0.25, 0.3) is 0 Å². The fourth-order valence-corrected chi connectivity index (χ4v) is 1.29. The van der Waals surface area contributed by atoms with Crippen molar-refractivity contribution in [2.24, 2.45) is 7.05 Å². The number of hydrogen-bond donors (Lipinski definition) is 0. The maximum Gasteiger partial charge on any atom is 0.172 e. The highest BCUT2D eigenvalue weighted by Crippen LogP contribution is 2.15. The van der Waals surface area contributed by atoms with Crippen LogP contribution in [0.4, 0.5) is 0 Å². The minimum atomic E-state index is 0.627. The summed E-state index contributed by atoms with van der Waals surface area (Å²) in [4.78, 5) is 0. The predicted octanol–water partition coefficient (Wildman–Crippen LogP) is 1.94. The number of nitrogens with zero attached hydrogens (tertiary/aromatic N) is 1. The van der Waals surface area contributed by atoms with E-state index in [1.807, 2.05) is 0 Å². The topological polar surface area (TPSA) is 3.88 Å². The lowest BCUT2D eigenvalue weighted by molar-refractivity contribution is -0.672. The van der Waals surface area contributed by atoms with Gasteiger partial charge < -0.3 is 0 Å². The largest absolute Gasteiger partial charge is 0.207 e. The molecule has 0 amide bonds. The number of aromatic nitrogens is 1. The summed E-state index contributed by atoms with van der Waals surface area (Å²) in [6.07, 6.45) is 4.28. The molecule has 0 aliphatic carbocycles. The van der Waals surface area contributed by atoms with E-state index in [9.17, 15) is 0 Å². The Hall–Kier alpha value is -0.850. The molecule has 0 spiro atoms. The van der Waals surface area contributed by atoms with Gasteiger partial charge in [-0.3, -0.25) is 0 Å². The van der Waals surface area contributed by atoms with Gasteiger partial charge in [-0.2, -0.15) is 0 Å². The molecule has 11 heavy (non-hydrogen) atoms. The molecule has 0 saturated carbocycles. The highest BCUT2D eigenvalue weighted by Gasteiger charge is 2.06. The third kappa shape index (κ3) is 1.79. The normalized spacial score (nSPS) is 10.6. The molecule has 0 fully saturated rings. The van der Waals surface area contributed by atoms with Crippen molar-refractivity contribution in [3.05, 3.63) is 29.6 Å². The van der Waals surface area contributed by atoms with Gasteiger partial charge in [0.05, 0.1) is 0 Å². The van der Waals surface area contributed by atoms with Crippen molar-refractivity contribution in [3.63, 3.8) is 0 Å². The zero-order valence-electron chi connectivity index (χ0n) is 7.76. The fraction of sp³-hybridized carbons (Fsp3) is 0.500. The van der Waals surface area contributed by atoms with E-state index in [4.69, 9.17) is 0 Å². The Morgan fingerprint density at radius 1 is 1.36 bits per heavy atom. The van der Waals surface area contributed by atoms with E-state index < -0.39 is 0 Å². The van der Waals surface area contributed by atoms with Crippen molar-refractivity contribution in [1.29, 1.82) is 0 Å². The van der Waals surface area contributed by atoms with Crippen LogP contribution in [0.25, 0.3) is 0 Å². The standard InChI is InChI=1S/C10H16N/c1-8(2)10-7-11(4)6-5-9(10)3/h5-8H,1-4H3/q+1. The summed E-state index contributed by atoms with van der Waals surface area (Å²) in [5.74, 6) is 0.627. The molecule has 0 saturated heterocycles. The maximum absolute atomic E-state index is 2.22. The molecule has 0 radical (unpaired) electrons. The SMILES string of the molecule is Cc1cc[n+](C)cc1C(C)C. The van der Waals surface area contributed by atoms with Crippen molar-refractivity contribution >= 4 is 0 Å². The lowest BCUT2D eigenvalue weighted by Gasteiger charge is -2.05. The van der Waals surface area contributed by atoms with E-state index in [-0.39, 0.29) is 0 Å². The molecule has 1 heteroatoms. The van der Waals surface area contributed by atoms with Crippen molar-refractivity contribution in [2.45, 2.75) is 26.7 Å². The molecule has 60 valence electrons. The lowest BCUT2D eigenvalue weighted by Crippen LogP contribution is -2.27. The minimum Gasteiger partial charge on any atom is -0.207 e. The molecular weight excluding hydrogens is 134 g/mol. The molecule has 0 atom stereocenters. The van der Waals surface area contributed by atoms with Crippen LogP contribution in [0.1, 0.15) is 30.9 Å². The Morgan fingerprint density at radius 3 is 2.45 bits per heavy atom. The lowest BCUT2D eigenvalue weighted by atomic mass is 10.0. The summed E-state index contributed by atoms with van der Waals surface area (Å²) in [6, 6.07) is 2.16. The smallest absolute Gasteiger partial charge is 0.172 e. The molecule has 0 aromatic carbocycles. The summed E-state index contributed by atoms with van der Waals surface area (Å²) >= 11 is 0. The van der Waals surface area contributed by atoms with Crippen molar-refractivity contribution in [2.75, 3.05) is 0 Å². The summed E-state index contributed by atoms with van der Waals surface area (Å²) in [6.45, 7) is 6.61. The second-order valence-corrected chi connectivity index (χ2v) is 3.40. The zero-order valence-corrected chi connectivity index (χ0v) is 7.76. The number of hydrogen-bond acceptors (Lipinski definition) is 0. The van der Waals surface area contributed by atoms with Gasteiger partial charge in [-0.1, -0.05) is 13.8 Å².